The van der Waals surface area contributed by atoms with Gasteiger partial charge >= 0.3 is 0 Å². The van der Waals surface area contributed by atoms with E-state index in [0.29, 0.717) is 21.4 Å². The van der Waals surface area contributed by atoms with Crippen molar-refractivity contribution in [2.75, 3.05) is 30.5 Å². The number of aryl methyl sites for hydroxylation is 1. The van der Waals surface area contributed by atoms with Gasteiger partial charge in [-0.2, -0.15) is 0 Å². The van der Waals surface area contributed by atoms with Crippen LogP contribution in [0.5, 0.6) is 5.75 Å². The van der Waals surface area contributed by atoms with Crippen LogP contribution >= 0.6 is 11.3 Å². The third-order valence-electron chi connectivity index (χ3n) is 2.68. The molecule has 1 aromatic carbocycles. The molecule has 7 heteroatoms. The van der Waals surface area contributed by atoms with Crippen molar-refractivity contribution in [3.05, 3.63) is 28.6 Å². The SMILES string of the molecule is CNc1nc(N)c(C(=O)Nc2cc(C)ccc2OC)s1. The lowest BCUT2D eigenvalue weighted by atomic mass is 10.2. The number of hydrogen-bond acceptors (Lipinski definition) is 6. The largest absolute Gasteiger partial charge is 0.495 e. The van der Waals surface area contributed by atoms with Gasteiger partial charge < -0.3 is 21.1 Å². The van der Waals surface area contributed by atoms with Gasteiger partial charge in [0.1, 0.15) is 16.4 Å². The maximum Gasteiger partial charge on any atom is 0.269 e. The summed E-state index contributed by atoms with van der Waals surface area (Å²) in [6.07, 6.45) is 0. The van der Waals surface area contributed by atoms with E-state index in [1.54, 1.807) is 20.2 Å². The van der Waals surface area contributed by atoms with Gasteiger partial charge in [-0.1, -0.05) is 17.4 Å². The molecular weight excluding hydrogens is 276 g/mol. The maximum absolute atomic E-state index is 12.2. The molecule has 6 nitrogen and oxygen atoms in total. The Kier molecular flexibility index (Phi) is 4.09. The number of nitrogens with two attached hydrogens (primary N) is 1. The lowest BCUT2D eigenvalue weighted by Crippen LogP contribution is -2.13. The number of amides is 1. The van der Waals surface area contributed by atoms with Gasteiger partial charge in [-0.05, 0) is 24.6 Å². The van der Waals surface area contributed by atoms with Crippen LogP contribution in [-0.4, -0.2) is 25.0 Å². The average molecular weight is 292 g/mol. The van der Waals surface area contributed by atoms with Crippen LogP contribution in [-0.2, 0) is 0 Å². The zero-order chi connectivity index (χ0) is 14.7. The molecule has 0 aliphatic rings. The number of thiazole rings is 1. The summed E-state index contributed by atoms with van der Waals surface area (Å²) in [7, 11) is 3.28. The fourth-order valence-corrected chi connectivity index (χ4v) is 2.43. The molecule has 106 valence electrons. The molecule has 0 bridgehead atoms. The minimum absolute atomic E-state index is 0.212. The Hall–Kier alpha value is -2.28. The smallest absolute Gasteiger partial charge is 0.269 e. The molecule has 2 rings (SSSR count). The molecular formula is C13H16N4O2S. The van der Waals surface area contributed by atoms with Crippen molar-refractivity contribution in [1.29, 1.82) is 0 Å². The molecule has 20 heavy (non-hydrogen) atoms. The molecule has 1 amide bonds. The molecule has 1 aromatic heterocycles. The number of aromatic nitrogens is 1. The Morgan fingerprint density at radius 3 is 2.80 bits per heavy atom. The summed E-state index contributed by atoms with van der Waals surface area (Å²) in [4.78, 5) is 16.7. The van der Waals surface area contributed by atoms with E-state index in [2.05, 4.69) is 15.6 Å². The summed E-state index contributed by atoms with van der Waals surface area (Å²) in [5, 5.41) is 6.26. The van der Waals surface area contributed by atoms with Gasteiger partial charge in [0.05, 0.1) is 12.8 Å². The molecule has 0 saturated heterocycles. The van der Waals surface area contributed by atoms with Gasteiger partial charge in [0.2, 0.25) is 0 Å². The van der Waals surface area contributed by atoms with Crippen LogP contribution in [0.15, 0.2) is 18.2 Å². The van der Waals surface area contributed by atoms with Gasteiger partial charge in [0, 0.05) is 7.05 Å². The highest BCUT2D eigenvalue weighted by atomic mass is 32.1. The number of nitrogens with zero attached hydrogens (tertiary/aromatic N) is 1. The number of rotatable bonds is 4. The van der Waals surface area contributed by atoms with E-state index in [-0.39, 0.29) is 11.7 Å². The number of anilines is 3. The van der Waals surface area contributed by atoms with Crippen LogP contribution < -0.4 is 21.1 Å². The Labute approximate surface area is 121 Å². The van der Waals surface area contributed by atoms with Crippen molar-refractivity contribution in [1.82, 2.24) is 4.98 Å². The lowest BCUT2D eigenvalue weighted by molar-refractivity contribution is 0.103. The number of nitrogen functional groups attached to an aromatic ring is 1. The van der Waals surface area contributed by atoms with Crippen molar-refractivity contribution in [3.63, 3.8) is 0 Å². The van der Waals surface area contributed by atoms with Gasteiger partial charge in [0.15, 0.2) is 5.13 Å². The summed E-state index contributed by atoms with van der Waals surface area (Å²) < 4.78 is 5.22. The Morgan fingerprint density at radius 2 is 2.20 bits per heavy atom. The molecule has 0 unspecified atom stereocenters. The first-order chi connectivity index (χ1) is 9.55. The second-order valence-corrected chi connectivity index (χ2v) is 5.14. The quantitative estimate of drug-likeness (QED) is 0.805. The zero-order valence-electron chi connectivity index (χ0n) is 11.5. The molecule has 0 aliphatic heterocycles. The molecule has 0 aliphatic carbocycles. The van der Waals surface area contributed by atoms with Crippen LogP contribution in [0.25, 0.3) is 0 Å². The minimum Gasteiger partial charge on any atom is -0.495 e. The van der Waals surface area contributed by atoms with Crippen LogP contribution in [0, 0.1) is 6.92 Å². The van der Waals surface area contributed by atoms with Crippen molar-refractivity contribution in [3.8, 4) is 5.75 Å². The Balaban J connectivity index is 2.27. The van der Waals surface area contributed by atoms with Crippen molar-refractivity contribution >= 4 is 33.9 Å². The van der Waals surface area contributed by atoms with E-state index in [1.165, 1.54) is 11.3 Å². The first-order valence-electron chi connectivity index (χ1n) is 5.95. The molecule has 2 aromatic rings. The zero-order valence-corrected chi connectivity index (χ0v) is 12.3. The molecule has 0 atom stereocenters. The summed E-state index contributed by atoms with van der Waals surface area (Å²) in [5.41, 5.74) is 7.37. The first kappa shape index (κ1) is 14.1. The molecule has 0 fully saturated rings. The minimum atomic E-state index is -0.301. The second-order valence-electron chi connectivity index (χ2n) is 4.14. The topological polar surface area (TPSA) is 89.3 Å². The first-order valence-corrected chi connectivity index (χ1v) is 6.77. The number of ether oxygens (including phenoxy) is 1. The van der Waals surface area contributed by atoms with Crippen molar-refractivity contribution in [2.45, 2.75) is 6.92 Å². The number of nitrogens with one attached hydrogen (secondary N) is 2. The fraction of sp³-hybridized carbons (Fsp3) is 0.231. The Bertz CT molecular complexity index is 639. The predicted octanol–water partition coefficient (Wildman–Crippen LogP) is 2.34. The number of benzene rings is 1. The average Bonchev–Trinajstić information content (AvgIpc) is 2.80. The second kappa shape index (κ2) is 5.79. The van der Waals surface area contributed by atoms with Gasteiger partial charge in [-0.25, -0.2) is 4.98 Å². The Morgan fingerprint density at radius 1 is 1.45 bits per heavy atom. The van der Waals surface area contributed by atoms with E-state index in [0.717, 1.165) is 5.56 Å². The third kappa shape index (κ3) is 2.83. The highest BCUT2D eigenvalue weighted by Crippen LogP contribution is 2.29. The predicted molar refractivity (Wildman–Crippen MR) is 81.8 cm³/mol. The standard InChI is InChI=1S/C13H16N4O2S/c1-7-4-5-9(19-3)8(6-7)16-12(18)10-11(14)17-13(15-2)20-10/h4-6H,14H2,1-3H3,(H,15,17)(H,16,18). The van der Waals surface area contributed by atoms with Gasteiger partial charge in [-0.3, -0.25) is 4.79 Å². The molecule has 4 N–H and O–H groups in total. The molecule has 0 spiro atoms. The lowest BCUT2D eigenvalue weighted by Gasteiger charge is -2.10. The summed E-state index contributed by atoms with van der Waals surface area (Å²) in [6, 6.07) is 5.56. The number of methoxy groups -OCH3 is 1. The van der Waals surface area contributed by atoms with Crippen molar-refractivity contribution < 1.29 is 9.53 Å². The summed E-state index contributed by atoms with van der Waals surface area (Å²) in [6.45, 7) is 1.94. The maximum atomic E-state index is 12.2. The van der Waals surface area contributed by atoms with Crippen molar-refractivity contribution in [2.24, 2.45) is 0 Å². The van der Waals surface area contributed by atoms with Crippen LogP contribution in [0.4, 0.5) is 16.6 Å². The molecule has 0 radical (unpaired) electrons. The van der Waals surface area contributed by atoms with E-state index in [1.807, 2.05) is 19.1 Å². The molecule has 0 saturated carbocycles. The van der Waals surface area contributed by atoms with E-state index >= 15 is 0 Å². The van der Waals surface area contributed by atoms with E-state index < -0.39 is 0 Å². The number of carbonyl (C=O) groups excluding carboxylic acids is 1. The summed E-state index contributed by atoms with van der Waals surface area (Å²) in [5.74, 6) is 0.509. The van der Waals surface area contributed by atoms with Gasteiger partial charge in [0.25, 0.3) is 5.91 Å². The fourth-order valence-electron chi connectivity index (χ4n) is 1.70. The monoisotopic (exact) mass is 292 g/mol. The molecule has 1 heterocycles. The summed E-state index contributed by atoms with van der Waals surface area (Å²) >= 11 is 1.20. The number of carbonyl (C=O) groups is 1. The van der Waals surface area contributed by atoms with E-state index in [4.69, 9.17) is 10.5 Å². The van der Waals surface area contributed by atoms with Crippen LogP contribution in [0.3, 0.4) is 0 Å². The number of hydrogen-bond donors (Lipinski definition) is 3. The van der Waals surface area contributed by atoms with Crippen LogP contribution in [0.1, 0.15) is 15.2 Å². The van der Waals surface area contributed by atoms with Gasteiger partial charge in [-0.15, -0.1) is 0 Å². The highest BCUT2D eigenvalue weighted by Gasteiger charge is 2.17. The van der Waals surface area contributed by atoms with Crippen LogP contribution in [0.2, 0.25) is 0 Å². The highest BCUT2D eigenvalue weighted by molar-refractivity contribution is 7.18. The third-order valence-corrected chi connectivity index (χ3v) is 3.76. The van der Waals surface area contributed by atoms with E-state index in [9.17, 15) is 4.79 Å². The normalized spacial score (nSPS) is 10.2.